The molecule has 0 heterocycles. The Morgan fingerprint density at radius 1 is 1.35 bits per heavy atom. The van der Waals surface area contributed by atoms with Crippen LogP contribution in [0.1, 0.15) is 43.7 Å². The molecule has 0 atom stereocenters. The second-order valence-corrected chi connectivity index (χ2v) is 7.85. The average Bonchev–Trinajstić information content (AvgIpc) is 2.77. The Labute approximate surface area is 125 Å². The minimum absolute atomic E-state index is 0.235. The molecule has 6 heteroatoms. The summed E-state index contributed by atoms with van der Waals surface area (Å²) in [5.74, 6) is 0. The predicted molar refractivity (Wildman–Crippen MR) is 81.3 cm³/mol. The van der Waals surface area contributed by atoms with Crippen molar-refractivity contribution >= 4 is 21.6 Å². The van der Waals surface area contributed by atoms with E-state index in [1.54, 1.807) is 13.0 Å². The number of nitrogens with one attached hydrogen (secondary N) is 1. The first-order valence-electron chi connectivity index (χ1n) is 6.80. The minimum Gasteiger partial charge on any atom is -0.326 e. The lowest BCUT2D eigenvalue weighted by Crippen LogP contribution is -2.43. The van der Waals surface area contributed by atoms with Crippen molar-refractivity contribution in [2.45, 2.75) is 56.5 Å². The van der Waals surface area contributed by atoms with E-state index in [9.17, 15) is 8.42 Å². The van der Waals surface area contributed by atoms with Crippen molar-refractivity contribution < 1.29 is 8.42 Å². The summed E-state index contributed by atoms with van der Waals surface area (Å²) in [7, 11) is -3.58. The van der Waals surface area contributed by atoms with Gasteiger partial charge in [-0.2, -0.15) is 0 Å². The predicted octanol–water partition coefficient (Wildman–Crippen LogP) is 2.72. The average molecular weight is 317 g/mol. The molecule has 1 saturated carbocycles. The minimum atomic E-state index is -3.58. The van der Waals surface area contributed by atoms with Crippen molar-refractivity contribution in [1.29, 1.82) is 0 Å². The number of sulfonamides is 1. The first-order valence-corrected chi connectivity index (χ1v) is 8.67. The van der Waals surface area contributed by atoms with Gasteiger partial charge in [0.25, 0.3) is 0 Å². The maximum atomic E-state index is 12.6. The maximum absolute atomic E-state index is 12.6. The van der Waals surface area contributed by atoms with Crippen LogP contribution in [-0.2, 0) is 16.6 Å². The van der Waals surface area contributed by atoms with Gasteiger partial charge < -0.3 is 5.73 Å². The largest absolute Gasteiger partial charge is 0.326 e. The molecule has 0 aromatic heterocycles. The molecule has 0 spiro atoms. The van der Waals surface area contributed by atoms with Gasteiger partial charge in [0.1, 0.15) is 0 Å². The number of hydrogen-bond donors (Lipinski definition) is 2. The fourth-order valence-corrected chi connectivity index (χ4v) is 4.92. The van der Waals surface area contributed by atoms with Crippen LogP contribution in [-0.4, -0.2) is 14.0 Å². The monoisotopic (exact) mass is 316 g/mol. The fraction of sp³-hybridized carbons (Fsp3) is 0.571. The highest BCUT2D eigenvalue weighted by Gasteiger charge is 2.34. The number of benzene rings is 1. The van der Waals surface area contributed by atoms with Crippen LogP contribution in [0.2, 0.25) is 5.02 Å². The molecule has 1 aromatic carbocycles. The normalized spacial score (nSPS) is 18.4. The van der Waals surface area contributed by atoms with Crippen molar-refractivity contribution in [1.82, 2.24) is 4.72 Å². The topological polar surface area (TPSA) is 72.2 Å². The third kappa shape index (κ3) is 3.17. The summed E-state index contributed by atoms with van der Waals surface area (Å²) in [6.45, 7) is 4.00. The molecule has 0 radical (unpaired) electrons. The maximum Gasteiger partial charge on any atom is 0.241 e. The van der Waals surface area contributed by atoms with Crippen molar-refractivity contribution in [3.8, 4) is 0 Å². The summed E-state index contributed by atoms with van der Waals surface area (Å²) in [5, 5.41) is 0.396. The van der Waals surface area contributed by atoms with Crippen LogP contribution < -0.4 is 10.5 Å². The second-order valence-electron chi connectivity index (χ2n) is 5.77. The van der Waals surface area contributed by atoms with Crippen LogP contribution in [0.3, 0.4) is 0 Å². The quantitative estimate of drug-likeness (QED) is 0.897. The van der Waals surface area contributed by atoms with Gasteiger partial charge in [0.2, 0.25) is 10.0 Å². The van der Waals surface area contributed by atoms with Crippen molar-refractivity contribution in [2.24, 2.45) is 5.73 Å². The summed E-state index contributed by atoms with van der Waals surface area (Å²) >= 11 is 6.01. The standard InChI is InChI=1S/C14H21ClN2O2S/c1-10-11(9-16)7-12(15)8-13(10)20(18,19)17-14(2)5-3-4-6-14/h7-8,17H,3-6,9,16H2,1-2H3. The van der Waals surface area contributed by atoms with Gasteiger partial charge in [-0.15, -0.1) is 0 Å². The van der Waals surface area contributed by atoms with E-state index in [4.69, 9.17) is 17.3 Å². The van der Waals surface area contributed by atoms with Crippen molar-refractivity contribution in [2.75, 3.05) is 0 Å². The van der Waals surface area contributed by atoms with E-state index in [0.717, 1.165) is 31.2 Å². The molecule has 1 aliphatic carbocycles. The molecule has 0 saturated heterocycles. The molecule has 0 amide bonds. The van der Waals surface area contributed by atoms with Crippen LogP contribution in [0.4, 0.5) is 0 Å². The summed E-state index contributed by atoms with van der Waals surface area (Å²) in [6.07, 6.45) is 3.86. The summed E-state index contributed by atoms with van der Waals surface area (Å²) in [6, 6.07) is 3.21. The Balaban J connectivity index is 2.41. The Morgan fingerprint density at radius 2 is 1.95 bits per heavy atom. The van der Waals surface area contributed by atoms with E-state index in [1.165, 1.54) is 6.07 Å². The van der Waals surface area contributed by atoms with E-state index in [-0.39, 0.29) is 17.0 Å². The first-order chi connectivity index (χ1) is 9.27. The Hall–Kier alpha value is -0.620. The van der Waals surface area contributed by atoms with E-state index in [2.05, 4.69) is 4.72 Å². The molecule has 0 bridgehead atoms. The van der Waals surface area contributed by atoms with Crippen LogP contribution in [0, 0.1) is 6.92 Å². The van der Waals surface area contributed by atoms with E-state index in [0.29, 0.717) is 10.6 Å². The van der Waals surface area contributed by atoms with Gasteiger partial charge in [-0.3, -0.25) is 0 Å². The summed E-state index contributed by atoms with van der Waals surface area (Å²) < 4.78 is 28.1. The highest BCUT2D eigenvalue weighted by molar-refractivity contribution is 7.89. The third-order valence-electron chi connectivity index (χ3n) is 4.03. The molecule has 20 heavy (non-hydrogen) atoms. The van der Waals surface area contributed by atoms with Crippen LogP contribution in [0.15, 0.2) is 17.0 Å². The van der Waals surface area contributed by atoms with Crippen LogP contribution >= 0.6 is 11.6 Å². The lowest BCUT2D eigenvalue weighted by atomic mass is 10.0. The zero-order chi connectivity index (χ0) is 15.0. The second kappa shape index (κ2) is 5.64. The third-order valence-corrected chi connectivity index (χ3v) is 6.01. The van der Waals surface area contributed by atoms with Gasteiger partial charge in [0.05, 0.1) is 4.90 Å². The zero-order valence-corrected chi connectivity index (χ0v) is 13.4. The van der Waals surface area contributed by atoms with Crippen LogP contribution in [0.25, 0.3) is 0 Å². The SMILES string of the molecule is Cc1c(CN)cc(Cl)cc1S(=O)(=O)NC1(C)CCCC1. The Bertz CT molecular complexity index is 608. The fourth-order valence-electron chi connectivity index (χ4n) is 2.84. The molecule has 0 aliphatic heterocycles. The summed E-state index contributed by atoms with van der Waals surface area (Å²) in [5.41, 5.74) is 6.73. The molecular weight excluding hydrogens is 296 g/mol. The van der Waals surface area contributed by atoms with Gasteiger partial charge in [-0.1, -0.05) is 24.4 Å². The van der Waals surface area contributed by atoms with E-state index >= 15 is 0 Å². The lowest BCUT2D eigenvalue weighted by molar-refractivity contribution is 0.427. The number of hydrogen-bond acceptors (Lipinski definition) is 3. The molecule has 1 aliphatic rings. The van der Waals surface area contributed by atoms with Crippen molar-refractivity contribution in [3.05, 3.63) is 28.3 Å². The highest BCUT2D eigenvalue weighted by atomic mass is 35.5. The highest BCUT2D eigenvalue weighted by Crippen LogP contribution is 2.32. The van der Waals surface area contributed by atoms with Gasteiger partial charge in [-0.25, -0.2) is 13.1 Å². The zero-order valence-electron chi connectivity index (χ0n) is 11.9. The molecule has 3 N–H and O–H groups in total. The van der Waals surface area contributed by atoms with E-state index in [1.807, 2.05) is 6.92 Å². The molecule has 2 rings (SSSR count). The van der Waals surface area contributed by atoms with Crippen LogP contribution in [0.5, 0.6) is 0 Å². The van der Waals surface area contributed by atoms with Gasteiger partial charge >= 0.3 is 0 Å². The molecule has 1 aromatic rings. The van der Waals surface area contributed by atoms with Gasteiger partial charge in [0, 0.05) is 17.1 Å². The molecule has 112 valence electrons. The molecule has 1 fully saturated rings. The molecule has 0 unspecified atom stereocenters. The smallest absolute Gasteiger partial charge is 0.241 e. The summed E-state index contributed by atoms with van der Waals surface area (Å²) in [4.78, 5) is 0.235. The van der Waals surface area contributed by atoms with Gasteiger partial charge in [-0.05, 0) is 49.9 Å². The van der Waals surface area contributed by atoms with Crippen molar-refractivity contribution in [3.63, 3.8) is 0 Å². The van der Waals surface area contributed by atoms with Gasteiger partial charge in [0.15, 0.2) is 0 Å². The van der Waals surface area contributed by atoms with E-state index < -0.39 is 10.0 Å². The first kappa shape index (κ1) is 15.8. The lowest BCUT2D eigenvalue weighted by Gasteiger charge is -2.25. The molecule has 4 nitrogen and oxygen atoms in total. The Kier molecular flexibility index (Phi) is 4.44. The number of nitrogens with two attached hydrogens (primary N) is 1. The number of rotatable bonds is 4. The molecular formula is C14H21ClN2O2S. The number of halogens is 1. The Morgan fingerprint density at radius 3 is 2.50 bits per heavy atom.